The Hall–Kier alpha value is -2.60. The Morgan fingerprint density at radius 2 is 2.08 bits per heavy atom. The van der Waals surface area contributed by atoms with Crippen LogP contribution in [0.2, 0.25) is 0 Å². The Morgan fingerprint density at radius 3 is 2.80 bits per heavy atom. The number of carbonyl (C=O) groups excluding carboxylic acids is 1. The fourth-order valence-electron chi connectivity index (χ4n) is 2.39. The average Bonchev–Trinajstić information content (AvgIpc) is 3.12. The average molecular weight is 400 g/mol. The summed E-state index contributed by atoms with van der Waals surface area (Å²) < 4.78 is 8.46. The molecule has 0 bridgehead atoms. The molecule has 0 spiro atoms. The van der Waals surface area contributed by atoms with Gasteiger partial charge < -0.3 is 14.6 Å². The Kier molecular flexibility index (Phi) is 5.19. The van der Waals surface area contributed by atoms with Gasteiger partial charge in [0.1, 0.15) is 5.75 Å². The van der Waals surface area contributed by atoms with Gasteiger partial charge in [-0.2, -0.15) is 0 Å². The highest BCUT2D eigenvalue weighted by Gasteiger charge is 2.17. The molecule has 0 saturated heterocycles. The molecular weight excluding hydrogens is 382 g/mol. The highest BCUT2D eigenvalue weighted by molar-refractivity contribution is 9.10. The molecule has 0 aliphatic rings. The summed E-state index contributed by atoms with van der Waals surface area (Å²) in [7, 11) is 0. The fraction of sp³-hybridized carbons (Fsp3) is 0.158. The van der Waals surface area contributed by atoms with Gasteiger partial charge in [-0.1, -0.05) is 18.2 Å². The van der Waals surface area contributed by atoms with Crippen LogP contribution in [0.3, 0.4) is 0 Å². The molecule has 0 aliphatic carbocycles. The van der Waals surface area contributed by atoms with Gasteiger partial charge in [-0.05, 0) is 59.6 Å². The third-order valence-electron chi connectivity index (χ3n) is 3.70. The van der Waals surface area contributed by atoms with Gasteiger partial charge in [-0.3, -0.25) is 4.79 Å². The van der Waals surface area contributed by atoms with Gasteiger partial charge >= 0.3 is 0 Å². The number of imidazole rings is 1. The van der Waals surface area contributed by atoms with E-state index < -0.39 is 6.10 Å². The third kappa shape index (κ3) is 4.09. The number of hydrogen-bond acceptors (Lipinski definition) is 3. The molecule has 0 saturated carbocycles. The SMILES string of the molecule is Cc1ccc(OC(C)C(=O)Nc2ccccc2-n2ccnc2)c(Br)c1. The monoisotopic (exact) mass is 399 g/mol. The number of aryl methyl sites for hydroxylation is 1. The maximum atomic E-state index is 12.5. The number of carbonyl (C=O) groups is 1. The number of para-hydroxylation sites is 2. The van der Waals surface area contributed by atoms with Crippen LogP contribution < -0.4 is 10.1 Å². The molecule has 1 amide bonds. The number of ether oxygens (including phenoxy) is 1. The molecule has 1 aromatic heterocycles. The number of nitrogens with zero attached hydrogens (tertiary/aromatic N) is 2. The predicted molar refractivity (Wildman–Crippen MR) is 101 cm³/mol. The Balaban J connectivity index is 1.74. The molecule has 6 heteroatoms. The number of benzene rings is 2. The van der Waals surface area contributed by atoms with Crippen LogP contribution in [0.5, 0.6) is 5.75 Å². The molecule has 25 heavy (non-hydrogen) atoms. The van der Waals surface area contributed by atoms with E-state index >= 15 is 0 Å². The standard InChI is InChI=1S/C19H18BrN3O2/c1-13-7-8-18(15(20)11-13)25-14(2)19(24)22-16-5-3-4-6-17(16)23-10-9-21-12-23/h3-12,14H,1-2H3,(H,22,24). The van der Waals surface area contributed by atoms with E-state index in [9.17, 15) is 4.79 Å². The molecule has 0 fully saturated rings. The number of amides is 1. The van der Waals surface area contributed by atoms with Gasteiger partial charge in [0.05, 0.1) is 22.2 Å². The van der Waals surface area contributed by atoms with Crippen LogP contribution in [0.1, 0.15) is 12.5 Å². The summed E-state index contributed by atoms with van der Waals surface area (Å²) in [6.07, 6.45) is 4.57. The minimum atomic E-state index is -0.644. The zero-order valence-corrected chi connectivity index (χ0v) is 15.5. The van der Waals surface area contributed by atoms with Gasteiger partial charge in [-0.25, -0.2) is 4.98 Å². The number of hydrogen-bond donors (Lipinski definition) is 1. The second kappa shape index (κ2) is 7.53. The summed E-state index contributed by atoms with van der Waals surface area (Å²) in [5, 5.41) is 2.92. The second-order valence-electron chi connectivity index (χ2n) is 5.67. The first kappa shape index (κ1) is 17.2. The highest BCUT2D eigenvalue weighted by Crippen LogP contribution is 2.27. The zero-order chi connectivity index (χ0) is 17.8. The van der Waals surface area contributed by atoms with Crippen molar-refractivity contribution in [3.8, 4) is 11.4 Å². The first-order valence-corrected chi connectivity index (χ1v) is 8.65. The lowest BCUT2D eigenvalue weighted by atomic mass is 10.2. The van der Waals surface area contributed by atoms with Crippen molar-refractivity contribution in [1.82, 2.24) is 9.55 Å². The van der Waals surface area contributed by atoms with Crippen molar-refractivity contribution in [2.45, 2.75) is 20.0 Å². The van der Waals surface area contributed by atoms with E-state index in [1.807, 2.05) is 60.2 Å². The fourth-order valence-corrected chi connectivity index (χ4v) is 2.97. The van der Waals surface area contributed by atoms with Crippen LogP contribution in [0.15, 0.2) is 65.7 Å². The summed E-state index contributed by atoms with van der Waals surface area (Å²) in [5.74, 6) is 0.413. The predicted octanol–water partition coefficient (Wildman–Crippen LogP) is 4.35. The summed E-state index contributed by atoms with van der Waals surface area (Å²) in [4.78, 5) is 16.6. The van der Waals surface area contributed by atoms with Crippen molar-refractivity contribution in [2.24, 2.45) is 0 Å². The van der Waals surface area contributed by atoms with Crippen LogP contribution in [0, 0.1) is 6.92 Å². The lowest BCUT2D eigenvalue weighted by molar-refractivity contribution is -0.122. The number of anilines is 1. The van der Waals surface area contributed by atoms with Crippen molar-refractivity contribution >= 4 is 27.5 Å². The normalized spacial score (nSPS) is 11.8. The van der Waals surface area contributed by atoms with Crippen molar-refractivity contribution in [2.75, 3.05) is 5.32 Å². The lowest BCUT2D eigenvalue weighted by Crippen LogP contribution is -2.30. The highest BCUT2D eigenvalue weighted by atomic mass is 79.9. The number of aromatic nitrogens is 2. The molecular formula is C19H18BrN3O2. The number of halogens is 1. The van der Waals surface area contributed by atoms with E-state index in [2.05, 4.69) is 26.2 Å². The van der Waals surface area contributed by atoms with Crippen LogP contribution in [0.4, 0.5) is 5.69 Å². The minimum absolute atomic E-state index is 0.222. The van der Waals surface area contributed by atoms with Crippen molar-refractivity contribution in [1.29, 1.82) is 0 Å². The molecule has 0 radical (unpaired) electrons. The van der Waals surface area contributed by atoms with Crippen LogP contribution in [0.25, 0.3) is 5.69 Å². The first-order valence-electron chi connectivity index (χ1n) is 7.85. The minimum Gasteiger partial charge on any atom is -0.480 e. The van der Waals surface area contributed by atoms with E-state index in [4.69, 9.17) is 4.74 Å². The summed E-state index contributed by atoms with van der Waals surface area (Å²) in [6, 6.07) is 13.3. The van der Waals surface area contributed by atoms with Gasteiger partial charge in [0.15, 0.2) is 6.10 Å². The van der Waals surface area contributed by atoms with Gasteiger partial charge in [0, 0.05) is 12.4 Å². The second-order valence-corrected chi connectivity index (χ2v) is 6.52. The van der Waals surface area contributed by atoms with E-state index in [0.29, 0.717) is 11.4 Å². The van der Waals surface area contributed by atoms with Crippen molar-refractivity contribution < 1.29 is 9.53 Å². The Morgan fingerprint density at radius 1 is 1.28 bits per heavy atom. The van der Waals surface area contributed by atoms with Crippen LogP contribution >= 0.6 is 15.9 Å². The quantitative estimate of drug-likeness (QED) is 0.693. The number of nitrogens with one attached hydrogen (secondary N) is 1. The zero-order valence-electron chi connectivity index (χ0n) is 13.9. The van der Waals surface area contributed by atoms with Crippen LogP contribution in [-0.4, -0.2) is 21.6 Å². The van der Waals surface area contributed by atoms with E-state index in [-0.39, 0.29) is 5.91 Å². The summed E-state index contributed by atoms with van der Waals surface area (Å²) >= 11 is 3.46. The van der Waals surface area contributed by atoms with E-state index in [0.717, 1.165) is 15.7 Å². The van der Waals surface area contributed by atoms with E-state index in [1.54, 1.807) is 19.4 Å². The summed E-state index contributed by atoms with van der Waals surface area (Å²) in [5.41, 5.74) is 2.66. The molecule has 0 aliphatic heterocycles. The molecule has 3 rings (SSSR count). The molecule has 5 nitrogen and oxygen atoms in total. The maximum absolute atomic E-state index is 12.5. The Labute approximate surface area is 154 Å². The molecule has 1 atom stereocenters. The topological polar surface area (TPSA) is 56.1 Å². The van der Waals surface area contributed by atoms with Gasteiger partial charge in [0.25, 0.3) is 5.91 Å². The largest absolute Gasteiger partial charge is 0.480 e. The molecule has 1 N–H and O–H groups in total. The first-order chi connectivity index (χ1) is 12.0. The lowest BCUT2D eigenvalue weighted by Gasteiger charge is -2.17. The summed E-state index contributed by atoms with van der Waals surface area (Å²) in [6.45, 7) is 3.72. The van der Waals surface area contributed by atoms with E-state index in [1.165, 1.54) is 0 Å². The smallest absolute Gasteiger partial charge is 0.265 e. The molecule has 1 unspecified atom stereocenters. The third-order valence-corrected chi connectivity index (χ3v) is 4.32. The van der Waals surface area contributed by atoms with Crippen LogP contribution in [-0.2, 0) is 4.79 Å². The van der Waals surface area contributed by atoms with Gasteiger partial charge in [-0.15, -0.1) is 0 Å². The van der Waals surface area contributed by atoms with Crippen molar-refractivity contribution in [3.63, 3.8) is 0 Å². The molecule has 1 heterocycles. The van der Waals surface area contributed by atoms with Crippen molar-refractivity contribution in [3.05, 3.63) is 71.2 Å². The molecule has 3 aromatic rings. The van der Waals surface area contributed by atoms with Gasteiger partial charge in [0.2, 0.25) is 0 Å². The molecule has 2 aromatic carbocycles. The number of rotatable bonds is 5. The molecule has 128 valence electrons. The Bertz CT molecular complexity index is 878. The maximum Gasteiger partial charge on any atom is 0.265 e.